The molecular formula is C21H38IN7O. The van der Waals surface area contributed by atoms with E-state index < -0.39 is 0 Å². The fourth-order valence-corrected chi connectivity index (χ4v) is 4.37. The summed E-state index contributed by atoms with van der Waals surface area (Å²) in [6.07, 6.45) is 9.31. The van der Waals surface area contributed by atoms with Gasteiger partial charge >= 0.3 is 0 Å². The molecule has 170 valence electrons. The maximum atomic E-state index is 11.3. The average molecular weight is 531 g/mol. The van der Waals surface area contributed by atoms with Gasteiger partial charge in [0.2, 0.25) is 5.91 Å². The van der Waals surface area contributed by atoms with E-state index in [-0.39, 0.29) is 35.8 Å². The summed E-state index contributed by atoms with van der Waals surface area (Å²) >= 11 is 0. The molecule has 0 spiro atoms. The van der Waals surface area contributed by atoms with Crippen LogP contribution in [0.1, 0.15) is 50.5 Å². The minimum Gasteiger partial charge on any atom is -0.369 e. The number of carbonyl (C=O) groups is 1. The predicted molar refractivity (Wildman–Crippen MR) is 131 cm³/mol. The Morgan fingerprint density at radius 2 is 2.03 bits per heavy atom. The van der Waals surface area contributed by atoms with E-state index in [2.05, 4.69) is 33.3 Å². The normalized spacial score (nSPS) is 20.9. The van der Waals surface area contributed by atoms with Crippen molar-refractivity contribution in [3.05, 3.63) is 18.0 Å². The van der Waals surface area contributed by atoms with E-state index in [0.717, 1.165) is 83.9 Å². The van der Waals surface area contributed by atoms with Crippen molar-refractivity contribution in [1.29, 1.82) is 0 Å². The molecule has 9 heteroatoms. The smallest absolute Gasteiger partial charge is 0.220 e. The van der Waals surface area contributed by atoms with Gasteiger partial charge in [0, 0.05) is 51.3 Å². The molecule has 2 saturated heterocycles. The van der Waals surface area contributed by atoms with Crippen LogP contribution in [-0.2, 0) is 11.8 Å². The monoisotopic (exact) mass is 531 g/mol. The van der Waals surface area contributed by atoms with Crippen molar-refractivity contribution in [2.45, 2.75) is 44.9 Å². The number of aryl methyl sites for hydroxylation is 1. The number of amides is 1. The number of nitrogens with two attached hydrogens (primary N) is 1. The fourth-order valence-electron chi connectivity index (χ4n) is 4.37. The number of carbonyl (C=O) groups excluding carboxylic acids is 1. The van der Waals surface area contributed by atoms with Crippen molar-refractivity contribution in [3.8, 4) is 0 Å². The van der Waals surface area contributed by atoms with Crippen molar-refractivity contribution < 1.29 is 4.79 Å². The summed E-state index contributed by atoms with van der Waals surface area (Å²) in [5, 5.41) is 7.77. The number of aliphatic imine (C=N–C) groups is 1. The number of nitrogens with one attached hydrogen (secondary N) is 1. The number of guanidine groups is 1. The first-order valence-corrected chi connectivity index (χ1v) is 11.1. The fraction of sp³-hybridized carbons (Fsp3) is 0.762. The number of unbranched alkanes of at least 4 members (excludes halogenated alkanes) is 1. The molecular weight excluding hydrogens is 493 g/mol. The third-order valence-electron chi connectivity index (χ3n) is 6.15. The summed E-state index contributed by atoms with van der Waals surface area (Å²) in [7, 11) is 1.97. The molecule has 3 N–H and O–H groups in total. The van der Waals surface area contributed by atoms with E-state index in [9.17, 15) is 4.79 Å². The first-order valence-electron chi connectivity index (χ1n) is 11.1. The lowest BCUT2D eigenvalue weighted by atomic mass is 9.96. The van der Waals surface area contributed by atoms with E-state index >= 15 is 0 Å². The Morgan fingerprint density at radius 3 is 2.67 bits per heavy atom. The molecule has 1 amide bonds. The van der Waals surface area contributed by atoms with Crippen LogP contribution in [0.4, 0.5) is 0 Å². The number of hydrogen-bond acceptors (Lipinski definition) is 4. The number of likely N-dealkylation sites (tertiary alicyclic amines) is 2. The van der Waals surface area contributed by atoms with Crippen molar-refractivity contribution in [3.63, 3.8) is 0 Å². The number of aromatic nitrogens is 2. The SMILES string of the molecule is CCNC(=NCCCCN1CCC(C(N)=O)CC1)N1CCC(c2cnn(C)c2)C1.I. The standard InChI is InChI=1S/C21H37N7O.HI/c1-3-23-21(28-13-8-18(16-28)19-14-25-26(2)15-19)24-9-4-5-10-27-11-6-17(7-12-27)20(22)29;/h14-15,17-18H,3-13,16H2,1-2H3,(H2,22,29)(H,23,24);1H. The van der Waals surface area contributed by atoms with Crippen LogP contribution >= 0.6 is 24.0 Å². The zero-order valence-corrected chi connectivity index (χ0v) is 20.8. The van der Waals surface area contributed by atoms with Crippen LogP contribution in [0.2, 0.25) is 0 Å². The van der Waals surface area contributed by atoms with Crippen molar-refractivity contribution in [1.82, 2.24) is 24.9 Å². The molecule has 0 saturated carbocycles. The molecule has 1 aromatic heterocycles. The number of primary amides is 1. The second-order valence-electron chi connectivity index (χ2n) is 8.34. The van der Waals surface area contributed by atoms with Gasteiger partial charge in [0.1, 0.15) is 0 Å². The number of rotatable bonds is 8. The highest BCUT2D eigenvalue weighted by Crippen LogP contribution is 2.26. The molecule has 2 fully saturated rings. The van der Waals surface area contributed by atoms with Crippen LogP contribution in [0.5, 0.6) is 0 Å². The molecule has 1 unspecified atom stereocenters. The second-order valence-corrected chi connectivity index (χ2v) is 8.34. The summed E-state index contributed by atoms with van der Waals surface area (Å²) in [5.41, 5.74) is 6.74. The third-order valence-corrected chi connectivity index (χ3v) is 6.15. The average Bonchev–Trinajstić information content (AvgIpc) is 3.36. The molecule has 0 radical (unpaired) electrons. The maximum Gasteiger partial charge on any atom is 0.220 e. The molecule has 8 nitrogen and oxygen atoms in total. The molecule has 0 aliphatic carbocycles. The van der Waals surface area contributed by atoms with Crippen LogP contribution in [0, 0.1) is 5.92 Å². The maximum absolute atomic E-state index is 11.3. The lowest BCUT2D eigenvalue weighted by Gasteiger charge is -2.30. The van der Waals surface area contributed by atoms with Crippen molar-refractivity contribution in [2.75, 3.05) is 45.8 Å². The Labute approximate surface area is 197 Å². The number of halogens is 1. The van der Waals surface area contributed by atoms with E-state index in [1.54, 1.807) is 0 Å². The van der Waals surface area contributed by atoms with Crippen LogP contribution in [0.3, 0.4) is 0 Å². The Hall–Kier alpha value is -1.36. The zero-order chi connectivity index (χ0) is 20.6. The Balaban J connectivity index is 0.00000320. The van der Waals surface area contributed by atoms with Crippen LogP contribution in [-0.4, -0.2) is 77.3 Å². The van der Waals surface area contributed by atoms with E-state index in [0.29, 0.717) is 5.92 Å². The van der Waals surface area contributed by atoms with E-state index in [1.807, 2.05) is 17.9 Å². The minimum absolute atomic E-state index is 0. The largest absolute Gasteiger partial charge is 0.369 e. The highest BCUT2D eigenvalue weighted by molar-refractivity contribution is 14.0. The number of nitrogens with zero attached hydrogens (tertiary/aromatic N) is 5. The van der Waals surface area contributed by atoms with Gasteiger partial charge in [0.05, 0.1) is 6.20 Å². The van der Waals surface area contributed by atoms with Crippen molar-refractivity contribution >= 4 is 35.8 Å². The topological polar surface area (TPSA) is 91.8 Å². The predicted octanol–water partition coefficient (Wildman–Crippen LogP) is 1.77. The van der Waals surface area contributed by atoms with Gasteiger partial charge in [-0.25, -0.2) is 0 Å². The van der Waals surface area contributed by atoms with Gasteiger partial charge in [-0.3, -0.25) is 14.5 Å². The molecule has 1 aromatic rings. The molecule has 2 aliphatic heterocycles. The molecule has 2 aliphatic rings. The highest BCUT2D eigenvalue weighted by atomic mass is 127. The first kappa shape index (κ1) is 24.9. The van der Waals surface area contributed by atoms with Crippen LogP contribution < -0.4 is 11.1 Å². The summed E-state index contributed by atoms with van der Waals surface area (Å²) < 4.78 is 1.88. The summed E-state index contributed by atoms with van der Waals surface area (Å²) in [5.74, 6) is 1.52. The zero-order valence-electron chi connectivity index (χ0n) is 18.4. The molecule has 0 aromatic carbocycles. The van der Waals surface area contributed by atoms with Gasteiger partial charge in [-0.2, -0.15) is 5.10 Å². The molecule has 3 rings (SSSR count). The van der Waals surface area contributed by atoms with Crippen LogP contribution in [0.25, 0.3) is 0 Å². The summed E-state index contributed by atoms with van der Waals surface area (Å²) in [6.45, 7) is 8.98. The molecule has 30 heavy (non-hydrogen) atoms. The third kappa shape index (κ3) is 7.11. The van der Waals surface area contributed by atoms with Gasteiger partial charge in [0.25, 0.3) is 0 Å². The van der Waals surface area contributed by atoms with Gasteiger partial charge in [-0.05, 0) is 64.2 Å². The number of hydrogen-bond donors (Lipinski definition) is 2. The lowest BCUT2D eigenvalue weighted by Crippen LogP contribution is -2.40. The first-order chi connectivity index (χ1) is 14.1. The Kier molecular flexibility index (Phi) is 10.4. The van der Waals surface area contributed by atoms with E-state index in [4.69, 9.17) is 10.7 Å². The molecule has 1 atom stereocenters. The van der Waals surface area contributed by atoms with Gasteiger partial charge in [-0.15, -0.1) is 24.0 Å². The lowest BCUT2D eigenvalue weighted by molar-refractivity contribution is -0.123. The summed E-state index contributed by atoms with van der Waals surface area (Å²) in [4.78, 5) is 21.0. The van der Waals surface area contributed by atoms with E-state index in [1.165, 1.54) is 5.56 Å². The highest BCUT2D eigenvalue weighted by Gasteiger charge is 2.27. The van der Waals surface area contributed by atoms with Gasteiger partial charge in [0.15, 0.2) is 5.96 Å². The minimum atomic E-state index is -0.136. The molecule has 3 heterocycles. The van der Waals surface area contributed by atoms with Gasteiger partial charge in [-0.1, -0.05) is 0 Å². The number of piperidine rings is 1. The second kappa shape index (κ2) is 12.5. The Morgan fingerprint density at radius 1 is 1.27 bits per heavy atom. The summed E-state index contributed by atoms with van der Waals surface area (Å²) in [6, 6.07) is 0. The molecule has 0 bridgehead atoms. The quantitative estimate of drug-likeness (QED) is 0.231. The van der Waals surface area contributed by atoms with Crippen LogP contribution in [0.15, 0.2) is 17.4 Å². The van der Waals surface area contributed by atoms with Crippen molar-refractivity contribution in [2.24, 2.45) is 23.7 Å². The Bertz CT molecular complexity index is 685. The van der Waals surface area contributed by atoms with Gasteiger partial charge < -0.3 is 20.9 Å².